The van der Waals surface area contributed by atoms with E-state index >= 15 is 0 Å². The molecule has 0 aliphatic rings. The van der Waals surface area contributed by atoms with E-state index in [1.54, 1.807) is 18.3 Å². The zero-order chi connectivity index (χ0) is 17.2. The van der Waals surface area contributed by atoms with Crippen LogP contribution in [0.2, 0.25) is 0 Å². The van der Waals surface area contributed by atoms with E-state index in [0.29, 0.717) is 16.3 Å². The highest BCUT2D eigenvalue weighted by Crippen LogP contribution is 2.39. The van der Waals surface area contributed by atoms with E-state index in [-0.39, 0.29) is 5.75 Å². The summed E-state index contributed by atoms with van der Waals surface area (Å²) in [5, 5.41) is 25.5. The van der Waals surface area contributed by atoms with Gasteiger partial charge in [0.05, 0.1) is 11.1 Å². The summed E-state index contributed by atoms with van der Waals surface area (Å²) in [5.74, 6) is 0.223. The highest BCUT2D eigenvalue weighted by atomic mass is 32.1. The van der Waals surface area contributed by atoms with Crippen molar-refractivity contribution in [3.63, 3.8) is 0 Å². The minimum atomic E-state index is 0.223. The third-order valence-corrected chi connectivity index (χ3v) is 4.59. The van der Waals surface area contributed by atoms with Crippen LogP contribution in [0.25, 0.3) is 21.8 Å². The Labute approximate surface area is 148 Å². The van der Waals surface area contributed by atoms with Crippen LogP contribution in [0.5, 0.6) is 5.75 Å². The first kappa shape index (κ1) is 15.5. The number of fused-ring (bicyclic) bond motifs is 2. The van der Waals surface area contributed by atoms with Crippen LogP contribution in [0.3, 0.4) is 0 Å². The number of nitrogens with zero attached hydrogens (tertiary/aromatic N) is 4. The van der Waals surface area contributed by atoms with Crippen molar-refractivity contribution < 1.29 is 5.11 Å². The summed E-state index contributed by atoms with van der Waals surface area (Å²) < 4.78 is 4.28. The summed E-state index contributed by atoms with van der Waals surface area (Å²) in [6.07, 6.45) is 1.71. The summed E-state index contributed by atoms with van der Waals surface area (Å²) in [4.78, 5) is 4.21. The summed E-state index contributed by atoms with van der Waals surface area (Å²) in [6, 6.07) is 12.9. The third kappa shape index (κ3) is 2.78. The summed E-state index contributed by atoms with van der Waals surface area (Å²) >= 11 is 1.27. The zero-order valence-corrected chi connectivity index (χ0v) is 14.3. The monoisotopic (exact) mass is 349 g/mol. The van der Waals surface area contributed by atoms with E-state index in [4.69, 9.17) is 0 Å². The number of aromatic nitrogens is 2. The number of rotatable bonds is 4. The average Bonchev–Trinajstić information content (AvgIpc) is 3.05. The van der Waals surface area contributed by atoms with Crippen LogP contribution in [0.15, 0.2) is 58.9 Å². The molecule has 0 bridgehead atoms. The highest BCUT2D eigenvalue weighted by Gasteiger charge is 2.10. The summed E-state index contributed by atoms with van der Waals surface area (Å²) in [7, 11) is 0. The van der Waals surface area contributed by atoms with Gasteiger partial charge in [0.2, 0.25) is 0 Å². The molecule has 4 rings (SSSR count). The lowest BCUT2D eigenvalue weighted by atomic mass is 10.1. The standard InChI is InChI=1S/C18H15N5OS/c1-2-19-13-7-3-5-11-15(24)9-8-14(16(11)13)21-22-18-12-6-4-10-20-17(12)23-25-18/h3-10,19,24H,2H2,1H3/b22-21+. The summed E-state index contributed by atoms with van der Waals surface area (Å²) in [6.45, 7) is 2.80. The molecule has 0 saturated heterocycles. The maximum Gasteiger partial charge on any atom is 0.175 e. The molecule has 2 N–H and O–H groups in total. The SMILES string of the molecule is CCNc1cccc2c(O)ccc(/N=N/c3snc4ncccc34)c12. The second-order valence-electron chi connectivity index (χ2n) is 5.42. The Hall–Kier alpha value is -3.06. The minimum Gasteiger partial charge on any atom is -0.507 e. The van der Waals surface area contributed by atoms with Crippen molar-refractivity contribution in [1.82, 2.24) is 9.36 Å². The Kier molecular flexibility index (Phi) is 3.99. The Morgan fingerprint density at radius 3 is 2.84 bits per heavy atom. The van der Waals surface area contributed by atoms with E-state index < -0.39 is 0 Å². The van der Waals surface area contributed by atoms with Gasteiger partial charge in [-0.25, -0.2) is 4.98 Å². The first-order valence-electron chi connectivity index (χ1n) is 7.88. The second-order valence-corrected chi connectivity index (χ2v) is 6.18. The molecule has 0 aliphatic heterocycles. The van der Waals surface area contributed by atoms with Crippen molar-refractivity contribution >= 4 is 49.7 Å². The normalized spacial score (nSPS) is 11.6. The molecule has 2 aromatic carbocycles. The molecule has 7 heteroatoms. The van der Waals surface area contributed by atoms with Gasteiger partial charge in [0.25, 0.3) is 0 Å². The number of nitrogens with one attached hydrogen (secondary N) is 1. The molecule has 25 heavy (non-hydrogen) atoms. The van der Waals surface area contributed by atoms with Crippen molar-refractivity contribution in [2.45, 2.75) is 6.92 Å². The van der Waals surface area contributed by atoms with Gasteiger partial charge >= 0.3 is 0 Å². The minimum absolute atomic E-state index is 0.223. The molecule has 0 amide bonds. The van der Waals surface area contributed by atoms with Crippen LogP contribution in [0.1, 0.15) is 6.92 Å². The maximum atomic E-state index is 10.2. The number of phenols is 1. The number of hydrogen-bond donors (Lipinski definition) is 2. The lowest BCUT2D eigenvalue weighted by Gasteiger charge is -2.10. The predicted octanol–water partition coefficient (Wildman–Crippen LogP) is 5.40. The van der Waals surface area contributed by atoms with Gasteiger partial charge in [-0.3, -0.25) is 0 Å². The topological polar surface area (TPSA) is 82.8 Å². The molecular weight excluding hydrogens is 334 g/mol. The maximum absolute atomic E-state index is 10.2. The van der Waals surface area contributed by atoms with E-state index in [1.807, 2.05) is 37.3 Å². The van der Waals surface area contributed by atoms with Crippen molar-refractivity contribution in [1.29, 1.82) is 0 Å². The van der Waals surface area contributed by atoms with Gasteiger partial charge in [0.15, 0.2) is 10.6 Å². The van der Waals surface area contributed by atoms with E-state index in [2.05, 4.69) is 24.9 Å². The Morgan fingerprint density at radius 1 is 1.08 bits per heavy atom. The number of azo groups is 1. The van der Waals surface area contributed by atoms with Crippen LogP contribution < -0.4 is 5.32 Å². The van der Waals surface area contributed by atoms with Gasteiger partial charge in [0, 0.05) is 29.2 Å². The Balaban J connectivity index is 1.85. The smallest absolute Gasteiger partial charge is 0.175 e. The fraction of sp³-hybridized carbons (Fsp3) is 0.111. The first-order chi connectivity index (χ1) is 12.3. The molecule has 0 atom stereocenters. The molecule has 0 unspecified atom stereocenters. The van der Waals surface area contributed by atoms with Crippen molar-refractivity contribution in [2.75, 3.05) is 11.9 Å². The largest absolute Gasteiger partial charge is 0.507 e. The molecule has 2 aromatic heterocycles. The lowest BCUT2D eigenvalue weighted by molar-refractivity contribution is 0.481. The van der Waals surface area contributed by atoms with Gasteiger partial charge in [0.1, 0.15) is 5.75 Å². The van der Waals surface area contributed by atoms with Crippen LogP contribution in [-0.2, 0) is 0 Å². The number of anilines is 1. The Bertz CT molecular complexity index is 1090. The predicted molar refractivity (Wildman–Crippen MR) is 101 cm³/mol. The fourth-order valence-electron chi connectivity index (χ4n) is 2.74. The van der Waals surface area contributed by atoms with Crippen molar-refractivity contribution in [3.8, 4) is 5.75 Å². The molecule has 6 nitrogen and oxygen atoms in total. The Morgan fingerprint density at radius 2 is 1.96 bits per heavy atom. The number of hydrogen-bond acceptors (Lipinski definition) is 7. The van der Waals surface area contributed by atoms with Crippen LogP contribution in [-0.4, -0.2) is 21.0 Å². The van der Waals surface area contributed by atoms with Gasteiger partial charge in [-0.05, 0) is 48.8 Å². The lowest BCUT2D eigenvalue weighted by Crippen LogP contribution is -1.97. The average molecular weight is 349 g/mol. The van der Waals surface area contributed by atoms with Crippen LogP contribution in [0, 0.1) is 0 Å². The zero-order valence-electron chi connectivity index (χ0n) is 13.5. The van der Waals surface area contributed by atoms with Gasteiger partial charge in [-0.15, -0.1) is 10.2 Å². The van der Waals surface area contributed by atoms with Crippen LogP contribution >= 0.6 is 11.5 Å². The summed E-state index contributed by atoms with van der Waals surface area (Å²) in [5.41, 5.74) is 2.28. The van der Waals surface area contributed by atoms with Gasteiger partial charge < -0.3 is 10.4 Å². The number of aromatic hydroxyl groups is 1. The second kappa shape index (κ2) is 6.45. The highest BCUT2D eigenvalue weighted by molar-refractivity contribution is 7.11. The van der Waals surface area contributed by atoms with Crippen molar-refractivity contribution in [3.05, 3.63) is 48.7 Å². The molecule has 124 valence electrons. The number of benzene rings is 2. The number of phenolic OH excluding ortho intramolecular Hbond substituents is 1. The van der Waals surface area contributed by atoms with Crippen molar-refractivity contribution in [2.24, 2.45) is 10.2 Å². The molecule has 4 aromatic rings. The molecular formula is C18H15N5OS. The molecule has 0 radical (unpaired) electrons. The van der Waals surface area contributed by atoms with Gasteiger partial charge in [-0.1, -0.05) is 12.1 Å². The molecule has 0 saturated carbocycles. The molecule has 0 aliphatic carbocycles. The molecule has 0 spiro atoms. The van der Waals surface area contributed by atoms with Crippen LogP contribution in [0.4, 0.5) is 16.4 Å². The molecule has 2 heterocycles. The quantitative estimate of drug-likeness (QED) is 0.483. The van der Waals surface area contributed by atoms with E-state index in [9.17, 15) is 5.11 Å². The third-order valence-electron chi connectivity index (χ3n) is 3.85. The number of pyridine rings is 1. The van der Waals surface area contributed by atoms with E-state index in [1.165, 1.54) is 11.5 Å². The van der Waals surface area contributed by atoms with Gasteiger partial charge in [-0.2, -0.15) is 4.37 Å². The first-order valence-corrected chi connectivity index (χ1v) is 8.66. The molecule has 0 fully saturated rings. The van der Waals surface area contributed by atoms with E-state index in [0.717, 1.165) is 28.4 Å². The fourth-order valence-corrected chi connectivity index (χ4v) is 3.39.